The molecule has 0 radical (unpaired) electrons. The lowest BCUT2D eigenvalue weighted by atomic mass is 9.63. The molecule has 0 heterocycles. The Morgan fingerprint density at radius 3 is 2.29 bits per heavy atom. The maximum absolute atomic E-state index is 12.0. The Labute approximate surface area is 86.6 Å². The molecule has 0 saturated heterocycles. The standard InChI is InChI=1S/C13H20O/c1-11(2)7-6-9-12(3,4)10(14)8-13(9,11)5/h6-7,9H,8H2,1-5H3. The number of ketones is 1. The SMILES string of the molecule is CC1(C)C(=O)CC2(C)C1C=CC2(C)C. The van der Waals surface area contributed by atoms with E-state index in [0.29, 0.717) is 11.7 Å². The second kappa shape index (κ2) is 2.32. The van der Waals surface area contributed by atoms with Crippen molar-refractivity contribution in [2.24, 2.45) is 22.2 Å². The summed E-state index contributed by atoms with van der Waals surface area (Å²) in [6.07, 6.45) is 5.31. The van der Waals surface area contributed by atoms with Crippen LogP contribution in [-0.2, 0) is 4.79 Å². The van der Waals surface area contributed by atoms with Gasteiger partial charge in [-0.25, -0.2) is 0 Å². The van der Waals surface area contributed by atoms with E-state index >= 15 is 0 Å². The van der Waals surface area contributed by atoms with Crippen molar-refractivity contribution >= 4 is 5.78 Å². The highest BCUT2D eigenvalue weighted by Crippen LogP contribution is 2.64. The first-order valence-electron chi connectivity index (χ1n) is 5.44. The van der Waals surface area contributed by atoms with Crippen molar-refractivity contribution in [2.75, 3.05) is 0 Å². The van der Waals surface area contributed by atoms with Crippen LogP contribution in [0.5, 0.6) is 0 Å². The van der Waals surface area contributed by atoms with Gasteiger partial charge in [-0.15, -0.1) is 0 Å². The zero-order valence-electron chi connectivity index (χ0n) is 9.85. The Morgan fingerprint density at radius 2 is 1.79 bits per heavy atom. The first-order chi connectivity index (χ1) is 6.22. The summed E-state index contributed by atoms with van der Waals surface area (Å²) in [6, 6.07) is 0. The van der Waals surface area contributed by atoms with Crippen molar-refractivity contribution in [3.63, 3.8) is 0 Å². The van der Waals surface area contributed by atoms with Crippen LogP contribution in [0, 0.1) is 22.2 Å². The van der Waals surface area contributed by atoms with Gasteiger partial charge in [-0.2, -0.15) is 0 Å². The smallest absolute Gasteiger partial charge is 0.139 e. The minimum absolute atomic E-state index is 0.146. The van der Waals surface area contributed by atoms with Crippen molar-refractivity contribution in [1.82, 2.24) is 0 Å². The molecule has 14 heavy (non-hydrogen) atoms. The van der Waals surface area contributed by atoms with Crippen LogP contribution < -0.4 is 0 Å². The molecule has 1 fully saturated rings. The van der Waals surface area contributed by atoms with Crippen molar-refractivity contribution in [1.29, 1.82) is 0 Å². The van der Waals surface area contributed by atoms with Gasteiger partial charge >= 0.3 is 0 Å². The molecule has 2 aliphatic carbocycles. The first kappa shape index (κ1) is 9.95. The molecule has 2 aliphatic rings. The molecule has 1 saturated carbocycles. The highest BCUT2D eigenvalue weighted by atomic mass is 16.1. The van der Waals surface area contributed by atoms with E-state index in [1.165, 1.54) is 0 Å². The predicted molar refractivity (Wildman–Crippen MR) is 57.9 cm³/mol. The van der Waals surface area contributed by atoms with E-state index in [0.717, 1.165) is 6.42 Å². The summed E-state index contributed by atoms with van der Waals surface area (Å²) in [5.41, 5.74) is 0.160. The molecule has 0 spiro atoms. The maximum atomic E-state index is 12.0. The van der Waals surface area contributed by atoms with E-state index in [4.69, 9.17) is 0 Å². The fourth-order valence-corrected chi connectivity index (χ4v) is 3.25. The lowest BCUT2D eigenvalue weighted by Gasteiger charge is -2.39. The first-order valence-corrected chi connectivity index (χ1v) is 5.44. The Kier molecular flexibility index (Phi) is 1.65. The predicted octanol–water partition coefficient (Wildman–Crippen LogP) is 3.20. The zero-order valence-corrected chi connectivity index (χ0v) is 9.85. The number of rotatable bonds is 0. The number of Topliss-reactive ketones (excluding diaryl/α,β-unsaturated/α-hetero) is 1. The Balaban J connectivity index is 2.51. The van der Waals surface area contributed by atoms with Gasteiger partial charge in [0.1, 0.15) is 5.78 Å². The van der Waals surface area contributed by atoms with Gasteiger partial charge in [0.05, 0.1) is 0 Å². The van der Waals surface area contributed by atoms with Crippen LogP contribution in [0.1, 0.15) is 41.0 Å². The summed E-state index contributed by atoms with van der Waals surface area (Å²) in [5.74, 6) is 0.861. The number of carbonyl (C=O) groups excluding carboxylic acids is 1. The highest BCUT2D eigenvalue weighted by molar-refractivity contribution is 5.88. The molecule has 2 rings (SSSR count). The van der Waals surface area contributed by atoms with Gasteiger partial charge in [-0.1, -0.05) is 46.8 Å². The van der Waals surface area contributed by atoms with E-state index in [9.17, 15) is 4.79 Å². The summed E-state index contributed by atoms with van der Waals surface area (Å²) in [7, 11) is 0. The molecule has 0 aliphatic heterocycles. The third kappa shape index (κ3) is 0.884. The molecular formula is C13H20O. The van der Waals surface area contributed by atoms with Crippen LogP contribution in [0.4, 0.5) is 0 Å². The van der Waals surface area contributed by atoms with E-state index in [-0.39, 0.29) is 16.2 Å². The molecule has 0 bridgehead atoms. The molecule has 2 unspecified atom stereocenters. The number of fused-ring (bicyclic) bond motifs is 1. The molecule has 1 heteroatoms. The minimum Gasteiger partial charge on any atom is -0.299 e. The van der Waals surface area contributed by atoms with Crippen LogP contribution in [0.15, 0.2) is 12.2 Å². The largest absolute Gasteiger partial charge is 0.299 e. The lowest BCUT2D eigenvalue weighted by Crippen LogP contribution is -2.34. The number of allylic oxidation sites excluding steroid dienone is 2. The van der Waals surface area contributed by atoms with Gasteiger partial charge in [0.25, 0.3) is 0 Å². The molecule has 0 aromatic rings. The van der Waals surface area contributed by atoms with Crippen molar-refractivity contribution < 1.29 is 4.79 Å². The number of hydrogen-bond donors (Lipinski definition) is 0. The zero-order chi connectivity index (χ0) is 10.8. The van der Waals surface area contributed by atoms with E-state index in [1.54, 1.807) is 0 Å². The highest BCUT2D eigenvalue weighted by Gasteiger charge is 2.61. The Morgan fingerprint density at radius 1 is 1.21 bits per heavy atom. The Bertz CT molecular complexity index is 322. The van der Waals surface area contributed by atoms with Crippen LogP contribution in [-0.4, -0.2) is 5.78 Å². The fourth-order valence-electron chi connectivity index (χ4n) is 3.25. The minimum atomic E-state index is -0.154. The van der Waals surface area contributed by atoms with Crippen LogP contribution >= 0.6 is 0 Å². The summed E-state index contributed by atoms with van der Waals surface area (Å²) in [6.45, 7) is 11.0. The van der Waals surface area contributed by atoms with E-state index in [1.807, 2.05) is 0 Å². The lowest BCUT2D eigenvalue weighted by molar-refractivity contribution is -0.125. The van der Waals surface area contributed by atoms with Gasteiger partial charge in [0.2, 0.25) is 0 Å². The molecule has 0 aromatic carbocycles. The van der Waals surface area contributed by atoms with Gasteiger partial charge in [0.15, 0.2) is 0 Å². The molecule has 0 amide bonds. The quantitative estimate of drug-likeness (QED) is 0.539. The fraction of sp³-hybridized carbons (Fsp3) is 0.769. The normalized spacial score (nSPS) is 42.9. The summed E-state index contributed by atoms with van der Waals surface area (Å²) >= 11 is 0. The van der Waals surface area contributed by atoms with Gasteiger partial charge in [-0.3, -0.25) is 4.79 Å². The molecule has 2 atom stereocenters. The molecular weight excluding hydrogens is 172 g/mol. The Hall–Kier alpha value is -0.590. The average molecular weight is 192 g/mol. The van der Waals surface area contributed by atoms with Crippen molar-refractivity contribution in [3.05, 3.63) is 12.2 Å². The molecule has 0 N–H and O–H groups in total. The second-order valence-corrected chi connectivity index (χ2v) is 6.30. The van der Waals surface area contributed by atoms with E-state index < -0.39 is 0 Å². The monoisotopic (exact) mass is 192 g/mol. The summed E-state index contributed by atoms with van der Waals surface area (Å²) in [4.78, 5) is 12.0. The number of carbonyl (C=O) groups is 1. The molecule has 0 aromatic heterocycles. The maximum Gasteiger partial charge on any atom is 0.139 e. The summed E-state index contributed by atoms with van der Waals surface area (Å²) < 4.78 is 0. The van der Waals surface area contributed by atoms with Gasteiger partial charge in [0, 0.05) is 11.8 Å². The third-order valence-electron chi connectivity index (χ3n) is 4.89. The van der Waals surface area contributed by atoms with Gasteiger partial charge in [-0.05, 0) is 16.7 Å². The van der Waals surface area contributed by atoms with Crippen molar-refractivity contribution in [2.45, 2.75) is 41.0 Å². The van der Waals surface area contributed by atoms with E-state index in [2.05, 4.69) is 46.8 Å². The van der Waals surface area contributed by atoms with Crippen LogP contribution in [0.25, 0.3) is 0 Å². The van der Waals surface area contributed by atoms with Crippen LogP contribution in [0.2, 0.25) is 0 Å². The van der Waals surface area contributed by atoms with Crippen LogP contribution in [0.3, 0.4) is 0 Å². The van der Waals surface area contributed by atoms with Gasteiger partial charge < -0.3 is 0 Å². The molecule has 1 nitrogen and oxygen atoms in total. The summed E-state index contributed by atoms with van der Waals surface area (Å²) in [5, 5.41) is 0. The third-order valence-corrected chi connectivity index (χ3v) is 4.89. The average Bonchev–Trinajstić information content (AvgIpc) is 2.32. The molecule has 78 valence electrons. The number of hydrogen-bond acceptors (Lipinski definition) is 1. The topological polar surface area (TPSA) is 17.1 Å². The van der Waals surface area contributed by atoms with Crippen molar-refractivity contribution in [3.8, 4) is 0 Å². The second-order valence-electron chi connectivity index (χ2n) is 6.30.